The Labute approximate surface area is 128 Å². The van der Waals surface area contributed by atoms with E-state index in [2.05, 4.69) is 15.3 Å². The van der Waals surface area contributed by atoms with Gasteiger partial charge >= 0.3 is 0 Å². The lowest BCUT2D eigenvalue weighted by Crippen LogP contribution is -2.42. The van der Waals surface area contributed by atoms with E-state index in [-0.39, 0.29) is 17.7 Å². The van der Waals surface area contributed by atoms with Crippen molar-refractivity contribution in [1.29, 1.82) is 0 Å². The van der Waals surface area contributed by atoms with Crippen LogP contribution in [0.4, 0.5) is 0 Å². The monoisotopic (exact) mass is 295 g/mol. The molecule has 2 heterocycles. The molecule has 22 heavy (non-hydrogen) atoms. The minimum atomic E-state index is -0.377. The summed E-state index contributed by atoms with van der Waals surface area (Å²) in [6.45, 7) is 0. The maximum Gasteiger partial charge on any atom is 0.254 e. The summed E-state index contributed by atoms with van der Waals surface area (Å²) in [5, 5.41) is 2.84. The molecular weight excluding hydrogens is 278 g/mol. The van der Waals surface area contributed by atoms with Crippen molar-refractivity contribution in [2.75, 3.05) is 0 Å². The summed E-state index contributed by atoms with van der Waals surface area (Å²) in [6.07, 6.45) is 6.44. The van der Waals surface area contributed by atoms with Crippen LogP contribution in [-0.2, 0) is 4.79 Å². The molecule has 3 rings (SSSR count). The minimum absolute atomic E-state index is 0.114. The van der Waals surface area contributed by atoms with Crippen molar-refractivity contribution in [2.45, 2.75) is 31.7 Å². The first-order valence-corrected chi connectivity index (χ1v) is 7.46. The fraction of sp³-hybridized carbons (Fsp3) is 0.294. The molecule has 1 fully saturated rings. The van der Waals surface area contributed by atoms with Gasteiger partial charge in [0.15, 0.2) is 5.78 Å². The van der Waals surface area contributed by atoms with Gasteiger partial charge in [0, 0.05) is 18.8 Å². The molecule has 1 saturated carbocycles. The van der Waals surface area contributed by atoms with Crippen molar-refractivity contribution < 1.29 is 9.59 Å². The molecule has 0 saturated heterocycles. The molecule has 5 heteroatoms. The van der Waals surface area contributed by atoms with Crippen LogP contribution in [0, 0.1) is 0 Å². The largest absolute Gasteiger partial charge is 0.342 e. The van der Waals surface area contributed by atoms with Crippen molar-refractivity contribution in [3.8, 4) is 11.4 Å². The first-order chi connectivity index (χ1) is 10.8. The number of nitrogens with zero attached hydrogens (tertiary/aromatic N) is 2. The van der Waals surface area contributed by atoms with Crippen LogP contribution in [0.15, 0.2) is 42.7 Å². The SMILES string of the molecule is O=C(N[C@H]1CCCCC1=O)c1cccnc1-c1ccccn1. The van der Waals surface area contributed by atoms with E-state index in [1.807, 2.05) is 18.2 Å². The lowest BCUT2D eigenvalue weighted by Gasteiger charge is -2.22. The van der Waals surface area contributed by atoms with Crippen molar-refractivity contribution >= 4 is 11.7 Å². The third-order valence-corrected chi connectivity index (χ3v) is 3.82. The van der Waals surface area contributed by atoms with Gasteiger partial charge in [0.05, 0.1) is 17.3 Å². The van der Waals surface area contributed by atoms with E-state index in [9.17, 15) is 9.59 Å². The Hall–Kier alpha value is -2.56. The number of aromatic nitrogens is 2. The number of carbonyl (C=O) groups excluding carboxylic acids is 2. The van der Waals surface area contributed by atoms with Gasteiger partial charge in [-0.15, -0.1) is 0 Å². The van der Waals surface area contributed by atoms with Gasteiger partial charge in [-0.05, 0) is 37.1 Å². The smallest absolute Gasteiger partial charge is 0.254 e. The summed E-state index contributed by atoms with van der Waals surface area (Å²) in [5.41, 5.74) is 1.62. The van der Waals surface area contributed by atoms with Crippen LogP contribution in [0.25, 0.3) is 11.4 Å². The zero-order valence-corrected chi connectivity index (χ0v) is 12.2. The predicted octanol–water partition coefficient (Wildman–Crippen LogP) is 2.39. The topological polar surface area (TPSA) is 72.0 Å². The number of nitrogens with one attached hydrogen (secondary N) is 1. The number of Topliss-reactive ketones (excluding diaryl/α,β-unsaturated/α-hetero) is 1. The van der Waals surface area contributed by atoms with E-state index in [0.29, 0.717) is 29.8 Å². The number of carbonyl (C=O) groups is 2. The van der Waals surface area contributed by atoms with Gasteiger partial charge in [0.1, 0.15) is 5.69 Å². The number of pyridine rings is 2. The molecule has 1 amide bonds. The van der Waals surface area contributed by atoms with Gasteiger partial charge in [-0.1, -0.05) is 12.5 Å². The average Bonchev–Trinajstić information content (AvgIpc) is 2.58. The minimum Gasteiger partial charge on any atom is -0.342 e. The van der Waals surface area contributed by atoms with Gasteiger partial charge in [0.25, 0.3) is 5.91 Å². The molecule has 0 spiro atoms. The van der Waals surface area contributed by atoms with Crippen LogP contribution in [0.5, 0.6) is 0 Å². The second-order valence-corrected chi connectivity index (χ2v) is 5.35. The molecule has 1 aliphatic carbocycles. The van der Waals surface area contributed by atoms with Crippen LogP contribution in [0.3, 0.4) is 0 Å². The maximum absolute atomic E-state index is 12.5. The van der Waals surface area contributed by atoms with E-state index in [0.717, 1.165) is 12.8 Å². The van der Waals surface area contributed by atoms with Crippen LogP contribution in [0.1, 0.15) is 36.0 Å². The van der Waals surface area contributed by atoms with Crippen LogP contribution >= 0.6 is 0 Å². The quantitative estimate of drug-likeness (QED) is 0.943. The Morgan fingerprint density at radius 1 is 1.09 bits per heavy atom. The fourth-order valence-corrected chi connectivity index (χ4v) is 2.67. The van der Waals surface area contributed by atoms with E-state index < -0.39 is 0 Å². The molecule has 1 N–H and O–H groups in total. The van der Waals surface area contributed by atoms with Crippen LogP contribution in [-0.4, -0.2) is 27.7 Å². The lowest BCUT2D eigenvalue weighted by atomic mass is 9.94. The van der Waals surface area contributed by atoms with Crippen molar-refractivity contribution in [1.82, 2.24) is 15.3 Å². The highest BCUT2D eigenvalue weighted by atomic mass is 16.2. The molecule has 1 atom stereocenters. The van der Waals surface area contributed by atoms with E-state index in [1.54, 1.807) is 24.5 Å². The summed E-state index contributed by atoms with van der Waals surface area (Å²) >= 11 is 0. The molecule has 0 unspecified atom stereocenters. The molecule has 0 aliphatic heterocycles. The number of hydrogen-bond donors (Lipinski definition) is 1. The molecular formula is C17H17N3O2. The van der Waals surface area contributed by atoms with Gasteiger partial charge in [0.2, 0.25) is 0 Å². The van der Waals surface area contributed by atoms with Crippen LogP contribution < -0.4 is 5.32 Å². The third-order valence-electron chi connectivity index (χ3n) is 3.82. The van der Waals surface area contributed by atoms with E-state index >= 15 is 0 Å². The molecule has 0 radical (unpaired) electrons. The second kappa shape index (κ2) is 6.47. The molecule has 5 nitrogen and oxygen atoms in total. The molecule has 2 aromatic heterocycles. The predicted molar refractivity (Wildman–Crippen MR) is 82.2 cm³/mol. The highest BCUT2D eigenvalue weighted by molar-refractivity contribution is 6.02. The second-order valence-electron chi connectivity index (χ2n) is 5.35. The van der Waals surface area contributed by atoms with Gasteiger partial charge in [-0.3, -0.25) is 19.6 Å². The average molecular weight is 295 g/mol. The van der Waals surface area contributed by atoms with Gasteiger partial charge in [-0.2, -0.15) is 0 Å². The highest BCUT2D eigenvalue weighted by Crippen LogP contribution is 2.20. The number of rotatable bonds is 3. The van der Waals surface area contributed by atoms with Crippen molar-refractivity contribution in [2.24, 2.45) is 0 Å². The Balaban J connectivity index is 1.85. The molecule has 1 aliphatic rings. The Morgan fingerprint density at radius 2 is 1.95 bits per heavy atom. The molecule has 2 aromatic rings. The van der Waals surface area contributed by atoms with Gasteiger partial charge in [-0.25, -0.2) is 0 Å². The summed E-state index contributed by atoms with van der Waals surface area (Å²) in [5.74, 6) is -0.156. The van der Waals surface area contributed by atoms with Crippen molar-refractivity contribution in [3.63, 3.8) is 0 Å². The zero-order valence-electron chi connectivity index (χ0n) is 12.2. The van der Waals surface area contributed by atoms with Gasteiger partial charge < -0.3 is 5.32 Å². The Bertz CT molecular complexity index is 685. The number of hydrogen-bond acceptors (Lipinski definition) is 4. The van der Waals surface area contributed by atoms with Crippen LogP contribution in [0.2, 0.25) is 0 Å². The molecule has 112 valence electrons. The first kappa shape index (κ1) is 14.4. The Kier molecular flexibility index (Phi) is 4.23. The van der Waals surface area contributed by atoms with Crippen molar-refractivity contribution in [3.05, 3.63) is 48.3 Å². The third kappa shape index (κ3) is 3.03. The summed E-state index contributed by atoms with van der Waals surface area (Å²) in [7, 11) is 0. The Morgan fingerprint density at radius 3 is 2.73 bits per heavy atom. The summed E-state index contributed by atoms with van der Waals surface area (Å²) < 4.78 is 0. The number of amides is 1. The summed E-state index contributed by atoms with van der Waals surface area (Å²) in [4.78, 5) is 32.9. The maximum atomic E-state index is 12.5. The molecule has 0 bridgehead atoms. The van der Waals surface area contributed by atoms with E-state index in [1.165, 1.54) is 0 Å². The lowest BCUT2D eigenvalue weighted by molar-refractivity contribution is -0.122. The highest BCUT2D eigenvalue weighted by Gasteiger charge is 2.25. The standard InChI is InChI=1S/C17H17N3O2/c21-15-9-2-1-7-13(15)20-17(22)12-6-5-11-19-16(12)14-8-3-4-10-18-14/h3-6,8,10-11,13H,1-2,7,9H2,(H,20,22)/t13-/m0/s1. The summed E-state index contributed by atoms with van der Waals surface area (Å²) in [6, 6.07) is 8.52. The van der Waals surface area contributed by atoms with E-state index in [4.69, 9.17) is 0 Å². The molecule has 0 aromatic carbocycles. The fourth-order valence-electron chi connectivity index (χ4n) is 2.67. The number of ketones is 1. The first-order valence-electron chi connectivity index (χ1n) is 7.46. The normalized spacial score (nSPS) is 18.0. The zero-order chi connectivity index (χ0) is 15.4.